The second-order valence-corrected chi connectivity index (χ2v) is 6.60. The molecule has 0 bridgehead atoms. The topological polar surface area (TPSA) is 99.0 Å². The van der Waals surface area contributed by atoms with Gasteiger partial charge in [0.15, 0.2) is 0 Å². The maximum atomic E-state index is 12.3. The third-order valence-corrected chi connectivity index (χ3v) is 4.62. The standard InChI is InChI=1S/C17H14ClN5O3S/c1-26-16(25)13-4-2-3-5-14(13)19-15(24)10-27-17-20-21-22-23(17)12-8-6-11(18)7-9-12/h2-9H,10H2,1H3,(H,19,24). The van der Waals surface area contributed by atoms with E-state index in [0.717, 1.165) is 5.69 Å². The zero-order valence-corrected chi connectivity index (χ0v) is 15.7. The summed E-state index contributed by atoms with van der Waals surface area (Å²) in [6, 6.07) is 13.6. The van der Waals surface area contributed by atoms with Gasteiger partial charge in [0.05, 0.1) is 29.8 Å². The number of aromatic nitrogens is 4. The van der Waals surface area contributed by atoms with E-state index in [1.54, 1.807) is 48.5 Å². The maximum Gasteiger partial charge on any atom is 0.339 e. The van der Waals surface area contributed by atoms with Crippen molar-refractivity contribution in [2.24, 2.45) is 0 Å². The van der Waals surface area contributed by atoms with Gasteiger partial charge in [-0.3, -0.25) is 4.79 Å². The van der Waals surface area contributed by atoms with E-state index >= 15 is 0 Å². The van der Waals surface area contributed by atoms with Crippen LogP contribution in [-0.4, -0.2) is 44.9 Å². The number of amides is 1. The SMILES string of the molecule is COC(=O)c1ccccc1NC(=O)CSc1nnnn1-c1ccc(Cl)cc1. The first-order chi connectivity index (χ1) is 13.1. The number of hydrogen-bond acceptors (Lipinski definition) is 7. The molecule has 1 aromatic heterocycles. The highest BCUT2D eigenvalue weighted by Gasteiger charge is 2.15. The van der Waals surface area contributed by atoms with E-state index in [9.17, 15) is 9.59 Å². The third-order valence-electron chi connectivity index (χ3n) is 3.45. The van der Waals surface area contributed by atoms with Crippen LogP contribution in [0.15, 0.2) is 53.7 Å². The van der Waals surface area contributed by atoms with Gasteiger partial charge in [-0.2, -0.15) is 4.68 Å². The highest BCUT2D eigenvalue weighted by atomic mass is 35.5. The number of methoxy groups -OCH3 is 1. The summed E-state index contributed by atoms with van der Waals surface area (Å²) < 4.78 is 6.23. The Kier molecular flexibility index (Phi) is 6.05. The van der Waals surface area contributed by atoms with Crippen LogP contribution in [0.2, 0.25) is 5.02 Å². The molecule has 2 aromatic carbocycles. The number of anilines is 1. The van der Waals surface area contributed by atoms with Crippen molar-refractivity contribution >= 4 is 40.9 Å². The summed E-state index contributed by atoms with van der Waals surface area (Å²) in [5.41, 5.74) is 1.39. The van der Waals surface area contributed by atoms with Crippen molar-refractivity contribution in [2.75, 3.05) is 18.2 Å². The van der Waals surface area contributed by atoms with Crippen molar-refractivity contribution < 1.29 is 14.3 Å². The van der Waals surface area contributed by atoms with Gasteiger partial charge in [0.2, 0.25) is 11.1 Å². The number of carbonyl (C=O) groups is 2. The smallest absolute Gasteiger partial charge is 0.339 e. The van der Waals surface area contributed by atoms with Crippen molar-refractivity contribution in [3.05, 3.63) is 59.1 Å². The average molecular weight is 404 g/mol. The fourth-order valence-corrected chi connectivity index (χ4v) is 3.03. The largest absolute Gasteiger partial charge is 0.465 e. The van der Waals surface area contributed by atoms with Crippen molar-refractivity contribution in [1.29, 1.82) is 0 Å². The van der Waals surface area contributed by atoms with Crippen LogP contribution in [0.1, 0.15) is 10.4 Å². The number of nitrogens with zero attached hydrogens (tertiary/aromatic N) is 4. The second-order valence-electron chi connectivity index (χ2n) is 5.22. The summed E-state index contributed by atoms with van der Waals surface area (Å²) in [5.74, 6) is -0.768. The van der Waals surface area contributed by atoms with Gasteiger partial charge in [0, 0.05) is 5.02 Å². The minimum Gasteiger partial charge on any atom is -0.465 e. The molecule has 138 valence electrons. The van der Waals surface area contributed by atoms with Gasteiger partial charge in [-0.05, 0) is 46.8 Å². The number of benzene rings is 2. The lowest BCUT2D eigenvalue weighted by molar-refractivity contribution is -0.113. The Labute approximate surface area is 163 Å². The van der Waals surface area contributed by atoms with Gasteiger partial charge in [0.1, 0.15) is 0 Å². The molecule has 8 nitrogen and oxygen atoms in total. The summed E-state index contributed by atoms with van der Waals surface area (Å²) >= 11 is 7.05. The molecule has 0 aliphatic rings. The van der Waals surface area contributed by atoms with Crippen molar-refractivity contribution in [3.8, 4) is 5.69 Å². The third kappa shape index (κ3) is 4.63. The van der Waals surface area contributed by atoms with Crippen LogP contribution in [0.3, 0.4) is 0 Å². The van der Waals surface area contributed by atoms with Gasteiger partial charge >= 0.3 is 5.97 Å². The maximum absolute atomic E-state index is 12.3. The lowest BCUT2D eigenvalue weighted by atomic mass is 10.2. The molecule has 0 aliphatic heterocycles. The fourth-order valence-electron chi connectivity index (χ4n) is 2.21. The summed E-state index contributed by atoms with van der Waals surface area (Å²) in [4.78, 5) is 24.1. The van der Waals surface area contributed by atoms with E-state index in [1.165, 1.54) is 23.6 Å². The first-order valence-corrected chi connectivity index (χ1v) is 9.09. The van der Waals surface area contributed by atoms with Crippen LogP contribution in [0.4, 0.5) is 5.69 Å². The van der Waals surface area contributed by atoms with Gasteiger partial charge in [-0.1, -0.05) is 35.5 Å². The Morgan fingerprint density at radius 1 is 1.19 bits per heavy atom. The predicted octanol–water partition coefficient (Wildman–Crippen LogP) is 2.83. The molecular weight excluding hydrogens is 390 g/mol. The lowest BCUT2D eigenvalue weighted by Gasteiger charge is -2.09. The highest BCUT2D eigenvalue weighted by Crippen LogP contribution is 2.21. The van der Waals surface area contributed by atoms with Crippen molar-refractivity contribution in [1.82, 2.24) is 20.2 Å². The van der Waals surface area contributed by atoms with Gasteiger partial charge < -0.3 is 10.1 Å². The van der Waals surface area contributed by atoms with Gasteiger partial charge in [0.25, 0.3) is 0 Å². The molecular formula is C17H14ClN5O3S. The van der Waals surface area contributed by atoms with E-state index in [0.29, 0.717) is 15.9 Å². The number of ether oxygens (including phenoxy) is 1. The molecule has 0 fully saturated rings. The minimum absolute atomic E-state index is 0.0590. The van der Waals surface area contributed by atoms with E-state index in [4.69, 9.17) is 16.3 Å². The molecule has 0 radical (unpaired) electrons. The Morgan fingerprint density at radius 2 is 1.93 bits per heavy atom. The van der Waals surface area contributed by atoms with Crippen LogP contribution >= 0.6 is 23.4 Å². The van der Waals surface area contributed by atoms with E-state index < -0.39 is 5.97 Å². The molecule has 0 saturated carbocycles. The first kappa shape index (κ1) is 18.9. The first-order valence-electron chi connectivity index (χ1n) is 7.73. The van der Waals surface area contributed by atoms with Crippen LogP contribution < -0.4 is 5.32 Å². The van der Waals surface area contributed by atoms with Crippen LogP contribution in [-0.2, 0) is 9.53 Å². The minimum atomic E-state index is -0.523. The second kappa shape index (κ2) is 8.65. The number of tetrazole rings is 1. The number of esters is 1. The zero-order chi connectivity index (χ0) is 19.2. The number of rotatable bonds is 6. The van der Waals surface area contributed by atoms with Crippen molar-refractivity contribution in [2.45, 2.75) is 5.16 Å². The Hall–Kier alpha value is -2.91. The van der Waals surface area contributed by atoms with Gasteiger partial charge in [-0.25, -0.2) is 4.79 Å². The zero-order valence-electron chi connectivity index (χ0n) is 14.1. The Morgan fingerprint density at radius 3 is 2.67 bits per heavy atom. The molecule has 3 aromatic rings. The number of halogens is 1. The summed E-state index contributed by atoms with van der Waals surface area (Å²) in [6.07, 6.45) is 0. The molecule has 0 unspecified atom stereocenters. The summed E-state index contributed by atoms with van der Waals surface area (Å²) in [7, 11) is 1.29. The summed E-state index contributed by atoms with van der Waals surface area (Å²) in [5, 5.41) is 15.3. The molecule has 0 aliphatic carbocycles. The van der Waals surface area contributed by atoms with Crippen LogP contribution in [0.5, 0.6) is 0 Å². The molecule has 27 heavy (non-hydrogen) atoms. The quantitative estimate of drug-likeness (QED) is 0.499. The number of hydrogen-bond donors (Lipinski definition) is 1. The van der Waals surface area contributed by atoms with E-state index in [-0.39, 0.29) is 17.2 Å². The molecule has 0 spiro atoms. The number of para-hydroxylation sites is 1. The molecule has 0 saturated heterocycles. The average Bonchev–Trinajstić information content (AvgIpc) is 3.15. The number of nitrogens with one attached hydrogen (secondary N) is 1. The molecule has 10 heteroatoms. The molecule has 1 heterocycles. The Bertz CT molecular complexity index is 961. The van der Waals surface area contributed by atoms with E-state index in [2.05, 4.69) is 20.8 Å². The number of carbonyl (C=O) groups excluding carboxylic acids is 2. The molecule has 1 amide bonds. The predicted molar refractivity (Wildman–Crippen MR) is 101 cm³/mol. The summed E-state index contributed by atoms with van der Waals surface area (Å²) in [6.45, 7) is 0. The monoisotopic (exact) mass is 403 g/mol. The Balaban J connectivity index is 1.67. The van der Waals surface area contributed by atoms with Crippen LogP contribution in [0, 0.1) is 0 Å². The lowest BCUT2D eigenvalue weighted by Crippen LogP contribution is -2.17. The normalized spacial score (nSPS) is 10.4. The molecule has 1 N–H and O–H groups in total. The molecule has 3 rings (SSSR count). The fraction of sp³-hybridized carbons (Fsp3) is 0.118. The highest BCUT2D eigenvalue weighted by molar-refractivity contribution is 7.99. The van der Waals surface area contributed by atoms with Crippen molar-refractivity contribution in [3.63, 3.8) is 0 Å². The van der Waals surface area contributed by atoms with Crippen LogP contribution in [0.25, 0.3) is 5.69 Å². The molecule has 0 atom stereocenters. The van der Waals surface area contributed by atoms with E-state index in [1.807, 2.05) is 0 Å². The van der Waals surface area contributed by atoms with Gasteiger partial charge in [-0.15, -0.1) is 5.10 Å². The number of thioether (sulfide) groups is 1.